The third-order valence-corrected chi connectivity index (χ3v) is 5.57. The number of hydrogen-bond acceptors (Lipinski definition) is 3. The summed E-state index contributed by atoms with van der Waals surface area (Å²) in [5.74, 6) is 0.878. The van der Waals surface area contributed by atoms with Crippen LogP contribution >= 0.6 is 11.3 Å². The molecule has 19 heavy (non-hydrogen) atoms. The van der Waals surface area contributed by atoms with Gasteiger partial charge in [0.15, 0.2) is 0 Å². The second-order valence-electron chi connectivity index (χ2n) is 6.09. The predicted molar refractivity (Wildman–Crippen MR) is 82.8 cm³/mol. The van der Waals surface area contributed by atoms with Crippen LogP contribution in [0.5, 0.6) is 0 Å². The van der Waals surface area contributed by atoms with Crippen LogP contribution in [0.15, 0.2) is 16.8 Å². The van der Waals surface area contributed by atoms with Gasteiger partial charge in [-0.05, 0) is 73.5 Å². The number of thiophene rings is 1. The Bertz CT molecular complexity index is 357. The molecule has 2 aliphatic rings. The van der Waals surface area contributed by atoms with Crippen molar-refractivity contribution in [1.29, 1.82) is 0 Å². The molecule has 3 rings (SSSR count). The standard InChI is InChI=1S/C16H26N2S/c1-2-9-17-15(5-1)14-4-3-6-16(14)18-10-7-13-8-11-19-12-13/h8,11-12,14-18H,1-7,9-10H2. The summed E-state index contributed by atoms with van der Waals surface area (Å²) in [4.78, 5) is 0. The maximum Gasteiger partial charge on any atom is 0.0110 e. The van der Waals surface area contributed by atoms with Gasteiger partial charge in [0.1, 0.15) is 0 Å². The van der Waals surface area contributed by atoms with Crippen LogP contribution in [-0.2, 0) is 6.42 Å². The van der Waals surface area contributed by atoms with Crippen molar-refractivity contribution < 1.29 is 0 Å². The molecule has 2 heterocycles. The fraction of sp³-hybridized carbons (Fsp3) is 0.750. The van der Waals surface area contributed by atoms with Crippen molar-refractivity contribution in [2.24, 2.45) is 5.92 Å². The van der Waals surface area contributed by atoms with Crippen LogP contribution in [0.25, 0.3) is 0 Å². The summed E-state index contributed by atoms with van der Waals surface area (Å²) < 4.78 is 0. The van der Waals surface area contributed by atoms with E-state index >= 15 is 0 Å². The fourth-order valence-electron chi connectivity index (χ4n) is 3.80. The minimum Gasteiger partial charge on any atom is -0.314 e. The first-order valence-corrected chi connectivity index (χ1v) is 8.85. The smallest absolute Gasteiger partial charge is 0.0110 e. The first kappa shape index (κ1) is 13.6. The van der Waals surface area contributed by atoms with Gasteiger partial charge in [-0.1, -0.05) is 12.8 Å². The molecule has 0 aromatic carbocycles. The molecule has 0 amide bonds. The SMILES string of the molecule is c1cc(CCNC2CCCC2C2CCCCN2)cs1. The van der Waals surface area contributed by atoms with Crippen molar-refractivity contribution in [1.82, 2.24) is 10.6 Å². The summed E-state index contributed by atoms with van der Waals surface area (Å²) >= 11 is 1.81. The fourth-order valence-corrected chi connectivity index (χ4v) is 4.51. The first-order valence-electron chi connectivity index (χ1n) is 7.91. The van der Waals surface area contributed by atoms with Crippen LogP contribution in [0.2, 0.25) is 0 Å². The van der Waals surface area contributed by atoms with Crippen LogP contribution in [0, 0.1) is 5.92 Å². The quantitative estimate of drug-likeness (QED) is 0.864. The van der Waals surface area contributed by atoms with E-state index in [4.69, 9.17) is 0 Å². The molecule has 1 aliphatic heterocycles. The summed E-state index contributed by atoms with van der Waals surface area (Å²) in [5, 5.41) is 12.0. The molecule has 2 fully saturated rings. The molecule has 1 aromatic rings. The highest BCUT2D eigenvalue weighted by Gasteiger charge is 2.33. The van der Waals surface area contributed by atoms with E-state index in [0.717, 1.165) is 24.5 Å². The first-order chi connectivity index (χ1) is 9.43. The summed E-state index contributed by atoms with van der Waals surface area (Å²) in [6.45, 7) is 2.38. The maximum atomic E-state index is 3.83. The topological polar surface area (TPSA) is 24.1 Å². The maximum absolute atomic E-state index is 3.83. The zero-order valence-corrected chi connectivity index (χ0v) is 12.6. The number of nitrogens with one attached hydrogen (secondary N) is 2. The Morgan fingerprint density at radius 3 is 3.00 bits per heavy atom. The van der Waals surface area contributed by atoms with E-state index < -0.39 is 0 Å². The van der Waals surface area contributed by atoms with Crippen molar-refractivity contribution >= 4 is 11.3 Å². The highest BCUT2D eigenvalue weighted by Crippen LogP contribution is 2.31. The molecule has 1 saturated heterocycles. The van der Waals surface area contributed by atoms with Crippen LogP contribution in [-0.4, -0.2) is 25.2 Å². The molecule has 3 heteroatoms. The zero-order valence-electron chi connectivity index (χ0n) is 11.7. The van der Waals surface area contributed by atoms with Crippen molar-refractivity contribution in [3.05, 3.63) is 22.4 Å². The van der Waals surface area contributed by atoms with Gasteiger partial charge in [0, 0.05) is 12.1 Å². The molecule has 2 nitrogen and oxygen atoms in total. The Morgan fingerprint density at radius 1 is 1.21 bits per heavy atom. The molecule has 3 atom stereocenters. The van der Waals surface area contributed by atoms with E-state index in [0.29, 0.717) is 0 Å². The largest absolute Gasteiger partial charge is 0.314 e. The van der Waals surface area contributed by atoms with Crippen LogP contribution in [0.3, 0.4) is 0 Å². The third kappa shape index (κ3) is 3.59. The molecular formula is C16H26N2S. The van der Waals surface area contributed by atoms with Crippen molar-refractivity contribution in [3.63, 3.8) is 0 Å². The minimum atomic E-state index is 0.759. The summed E-state index contributed by atoms with van der Waals surface area (Å²) in [5.41, 5.74) is 1.49. The molecule has 0 bridgehead atoms. The van der Waals surface area contributed by atoms with E-state index in [1.165, 1.54) is 57.1 Å². The van der Waals surface area contributed by atoms with E-state index in [1.54, 1.807) is 0 Å². The van der Waals surface area contributed by atoms with Gasteiger partial charge in [-0.25, -0.2) is 0 Å². The van der Waals surface area contributed by atoms with E-state index in [1.807, 2.05) is 11.3 Å². The number of hydrogen-bond donors (Lipinski definition) is 2. The lowest BCUT2D eigenvalue weighted by molar-refractivity contribution is 0.258. The zero-order chi connectivity index (χ0) is 12.9. The van der Waals surface area contributed by atoms with Gasteiger partial charge in [0.2, 0.25) is 0 Å². The highest BCUT2D eigenvalue weighted by atomic mass is 32.1. The molecule has 1 aromatic heterocycles. The lowest BCUT2D eigenvalue weighted by Gasteiger charge is -2.33. The van der Waals surface area contributed by atoms with Crippen molar-refractivity contribution in [2.45, 2.75) is 57.0 Å². The second kappa shape index (κ2) is 6.87. The Morgan fingerprint density at radius 2 is 2.21 bits per heavy atom. The molecule has 106 valence electrons. The average Bonchev–Trinajstić information content (AvgIpc) is 3.11. The summed E-state index contributed by atoms with van der Waals surface area (Å²) in [6.07, 6.45) is 9.60. The van der Waals surface area contributed by atoms with Crippen LogP contribution in [0.1, 0.15) is 44.1 Å². The Hall–Kier alpha value is -0.380. The minimum absolute atomic E-state index is 0.759. The van der Waals surface area contributed by atoms with E-state index in [2.05, 4.69) is 27.5 Å². The van der Waals surface area contributed by atoms with Gasteiger partial charge in [-0.2, -0.15) is 11.3 Å². The average molecular weight is 278 g/mol. The molecule has 3 unspecified atom stereocenters. The second-order valence-corrected chi connectivity index (χ2v) is 6.87. The van der Waals surface area contributed by atoms with E-state index in [-0.39, 0.29) is 0 Å². The Kier molecular flexibility index (Phi) is 4.91. The van der Waals surface area contributed by atoms with Gasteiger partial charge in [-0.3, -0.25) is 0 Å². The molecule has 0 spiro atoms. The Labute approximate surface area is 121 Å². The molecular weight excluding hydrogens is 252 g/mol. The predicted octanol–water partition coefficient (Wildman–Crippen LogP) is 3.19. The van der Waals surface area contributed by atoms with Crippen molar-refractivity contribution in [2.75, 3.05) is 13.1 Å². The van der Waals surface area contributed by atoms with Gasteiger partial charge in [0.05, 0.1) is 0 Å². The monoisotopic (exact) mass is 278 g/mol. The lowest BCUT2D eigenvalue weighted by Crippen LogP contribution is -2.47. The molecule has 1 aliphatic carbocycles. The van der Waals surface area contributed by atoms with Gasteiger partial charge in [0.25, 0.3) is 0 Å². The normalized spacial score (nSPS) is 31.7. The number of piperidine rings is 1. The van der Waals surface area contributed by atoms with Gasteiger partial charge < -0.3 is 10.6 Å². The van der Waals surface area contributed by atoms with E-state index in [9.17, 15) is 0 Å². The summed E-state index contributed by atoms with van der Waals surface area (Å²) in [7, 11) is 0. The third-order valence-electron chi connectivity index (χ3n) is 4.83. The van der Waals surface area contributed by atoms with Crippen LogP contribution in [0.4, 0.5) is 0 Å². The molecule has 1 saturated carbocycles. The summed E-state index contributed by atoms with van der Waals surface area (Å²) in [6, 6.07) is 3.80. The molecule has 0 radical (unpaired) electrons. The van der Waals surface area contributed by atoms with Gasteiger partial charge >= 0.3 is 0 Å². The molecule has 2 N–H and O–H groups in total. The van der Waals surface area contributed by atoms with Crippen LogP contribution < -0.4 is 10.6 Å². The number of rotatable bonds is 5. The lowest BCUT2D eigenvalue weighted by atomic mass is 9.88. The highest BCUT2D eigenvalue weighted by molar-refractivity contribution is 7.07. The van der Waals surface area contributed by atoms with Crippen molar-refractivity contribution in [3.8, 4) is 0 Å². The Balaban J connectivity index is 1.46. The van der Waals surface area contributed by atoms with Gasteiger partial charge in [-0.15, -0.1) is 0 Å².